The summed E-state index contributed by atoms with van der Waals surface area (Å²) in [5, 5.41) is 0.988. The Morgan fingerprint density at radius 3 is 2.62 bits per heavy atom. The average Bonchev–Trinajstić information content (AvgIpc) is 3.34. The van der Waals surface area contributed by atoms with Crippen LogP contribution in [0, 0.1) is 6.92 Å². The van der Waals surface area contributed by atoms with Gasteiger partial charge in [0.2, 0.25) is 5.60 Å². The molecule has 0 fully saturated rings. The number of ether oxygens (including phenoxy) is 2. The maximum Gasteiger partial charge on any atom is 0.341 e. The number of carbonyl (C=O) groups excluding carboxylic acids is 1. The Morgan fingerprint density at radius 2 is 1.85 bits per heavy atom. The zero-order valence-corrected chi connectivity index (χ0v) is 20.0. The Kier molecular flexibility index (Phi) is 5.52. The molecule has 2 aromatic carbocycles. The molecule has 0 bridgehead atoms. The molecule has 6 heteroatoms. The molecule has 0 radical (unpaired) electrons. The van der Waals surface area contributed by atoms with Crippen LogP contribution in [0.4, 0.5) is 5.69 Å². The summed E-state index contributed by atoms with van der Waals surface area (Å²) in [7, 11) is 0. The van der Waals surface area contributed by atoms with Crippen molar-refractivity contribution >= 4 is 22.6 Å². The van der Waals surface area contributed by atoms with Gasteiger partial charge in [0.25, 0.3) is 0 Å². The maximum absolute atomic E-state index is 13.2. The molecule has 1 N–H and O–H groups in total. The predicted molar refractivity (Wildman–Crippen MR) is 134 cm³/mol. The molecule has 1 atom stereocenters. The summed E-state index contributed by atoms with van der Waals surface area (Å²) >= 11 is 0. The van der Waals surface area contributed by atoms with Gasteiger partial charge >= 0.3 is 5.97 Å². The second kappa shape index (κ2) is 8.52. The van der Waals surface area contributed by atoms with E-state index in [1.807, 2.05) is 44.2 Å². The van der Waals surface area contributed by atoms with E-state index in [1.54, 1.807) is 18.3 Å². The van der Waals surface area contributed by atoms with E-state index >= 15 is 0 Å². The number of aromatic nitrogens is 2. The molecule has 5 rings (SSSR count). The fourth-order valence-electron chi connectivity index (χ4n) is 5.17. The number of nitrogens with one attached hydrogen (secondary N) is 1. The van der Waals surface area contributed by atoms with Gasteiger partial charge in [0.1, 0.15) is 11.4 Å². The van der Waals surface area contributed by atoms with E-state index in [0.717, 1.165) is 46.5 Å². The molecule has 0 spiro atoms. The SMILES string of the molecule is CCOc1cc(N(CC)CC)ccc1C1(c2c(C)[nH]c3ccccc23)OC(=O)c2cccnc21. The number of anilines is 1. The number of H-pyrrole nitrogens is 1. The lowest BCUT2D eigenvalue weighted by Gasteiger charge is -2.32. The van der Waals surface area contributed by atoms with Crippen molar-refractivity contribution in [3.05, 3.63) is 88.9 Å². The number of benzene rings is 2. The standard InChI is InChI=1S/C28H29N3O3/c1-5-31(6-2)19-14-15-22(24(17-19)33-7-3)28(26-21(27(32)34-28)12-10-16-29-26)25-18(4)30-23-13-9-8-11-20(23)25/h8-17,30H,5-7H2,1-4H3. The number of rotatable bonds is 7. The fourth-order valence-corrected chi connectivity index (χ4v) is 5.17. The van der Waals surface area contributed by atoms with Gasteiger partial charge in [-0.25, -0.2) is 4.79 Å². The molecule has 2 aromatic heterocycles. The molecule has 174 valence electrons. The molecule has 1 aliphatic rings. The highest BCUT2D eigenvalue weighted by Gasteiger charge is 2.53. The van der Waals surface area contributed by atoms with Gasteiger partial charge in [0.05, 0.1) is 12.2 Å². The highest BCUT2D eigenvalue weighted by Crippen LogP contribution is 2.52. The number of pyridine rings is 1. The number of carbonyl (C=O) groups is 1. The van der Waals surface area contributed by atoms with E-state index in [2.05, 4.69) is 35.9 Å². The summed E-state index contributed by atoms with van der Waals surface area (Å²) in [5.41, 5.74) is 4.44. The van der Waals surface area contributed by atoms with Gasteiger partial charge in [0, 0.05) is 58.8 Å². The molecule has 0 aliphatic carbocycles. The van der Waals surface area contributed by atoms with Crippen molar-refractivity contribution in [1.82, 2.24) is 9.97 Å². The van der Waals surface area contributed by atoms with Crippen molar-refractivity contribution < 1.29 is 14.3 Å². The van der Waals surface area contributed by atoms with Gasteiger partial charge < -0.3 is 19.4 Å². The van der Waals surface area contributed by atoms with Gasteiger partial charge in [-0.1, -0.05) is 18.2 Å². The van der Waals surface area contributed by atoms with E-state index in [4.69, 9.17) is 14.5 Å². The summed E-state index contributed by atoms with van der Waals surface area (Å²) in [6, 6.07) is 17.8. The minimum absolute atomic E-state index is 0.386. The summed E-state index contributed by atoms with van der Waals surface area (Å²) in [4.78, 5) is 23.7. The molecule has 0 amide bonds. The number of fused-ring (bicyclic) bond motifs is 2. The normalized spacial score (nSPS) is 17.0. The Labute approximate surface area is 199 Å². The van der Waals surface area contributed by atoms with Crippen LogP contribution in [0.2, 0.25) is 0 Å². The van der Waals surface area contributed by atoms with E-state index < -0.39 is 5.60 Å². The van der Waals surface area contributed by atoms with E-state index in [9.17, 15) is 4.79 Å². The van der Waals surface area contributed by atoms with Crippen LogP contribution in [0.25, 0.3) is 10.9 Å². The van der Waals surface area contributed by atoms with Crippen LogP contribution < -0.4 is 9.64 Å². The number of cyclic esters (lactones) is 1. The first-order chi connectivity index (χ1) is 16.5. The second-order valence-electron chi connectivity index (χ2n) is 8.43. The maximum atomic E-state index is 13.2. The van der Waals surface area contributed by atoms with E-state index in [0.29, 0.717) is 23.6 Å². The first kappa shape index (κ1) is 22.0. The molecule has 1 unspecified atom stereocenters. The van der Waals surface area contributed by atoms with Crippen LogP contribution >= 0.6 is 0 Å². The number of esters is 1. The summed E-state index contributed by atoms with van der Waals surface area (Å²) in [5.74, 6) is 0.297. The first-order valence-corrected chi connectivity index (χ1v) is 11.8. The number of nitrogens with zero attached hydrogens (tertiary/aromatic N) is 2. The predicted octanol–water partition coefficient (Wildman–Crippen LogP) is 5.58. The molecule has 6 nitrogen and oxygen atoms in total. The third kappa shape index (κ3) is 3.16. The Bertz CT molecular complexity index is 1370. The highest BCUT2D eigenvalue weighted by atomic mass is 16.6. The smallest absolute Gasteiger partial charge is 0.341 e. The van der Waals surface area contributed by atoms with Gasteiger partial charge in [0.15, 0.2) is 0 Å². The molecule has 0 saturated heterocycles. The Balaban J connectivity index is 1.87. The summed E-state index contributed by atoms with van der Waals surface area (Å²) in [6.07, 6.45) is 1.71. The molecular weight excluding hydrogens is 426 g/mol. The molecular formula is C28H29N3O3. The summed E-state index contributed by atoms with van der Waals surface area (Å²) < 4.78 is 12.6. The van der Waals surface area contributed by atoms with Crippen molar-refractivity contribution in [1.29, 1.82) is 0 Å². The number of aryl methyl sites for hydroxylation is 1. The third-order valence-corrected chi connectivity index (χ3v) is 6.63. The zero-order chi connectivity index (χ0) is 23.9. The summed E-state index contributed by atoms with van der Waals surface area (Å²) in [6.45, 7) is 10.5. The van der Waals surface area contributed by atoms with Crippen molar-refractivity contribution in [2.75, 3.05) is 24.6 Å². The number of aromatic amines is 1. The topological polar surface area (TPSA) is 67.4 Å². The number of para-hydroxylation sites is 1. The second-order valence-corrected chi connectivity index (χ2v) is 8.43. The van der Waals surface area contributed by atoms with Gasteiger partial charge in [-0.15, -0.1) is 0 Å². The van der Waals surface area contributed by atoms with Crippen molar-refractivity contribution in [2.24, 2.45) is 0 Å². The molecule has 4 aromatic rings. The van der Waals surface area contributed by atoms with E-state index in [-0.39, 0.29) is 5.97 Å². The lowest BCUT2D eigenvalue weighted by atomic mass is 9.80. The monoisotopic (exact) mass is 455 g/mol. The van der Waals surface area contributed by atoms with Crippen LogP contribution in [0.15, 0.2) is 60.8 Å². The van der Waals surface area contributed by atoms with Gasteiger partial charge in [-0.2, -0.15) is 0 Å². The van der Waals surface area contributed by atoms with Crippen molar-refractivity contribution in [3.63, 3.8) is 0 Å². The van der Waals surface area contributed by atoms with Crippen LogP contribution in [-0.2, 0) is 10.3 Å². The first-order valence-electron chi connectivity index (χ1n) is 11.8. The average molecular weight is 456 g/mol. The highest BCUT2D eigenvalue weighted by molar-refractivity contribution is 5.98. The molecule has 1 aliphatic heterocycles. The zero-order valence-electron chi connectivity index (χ0n) is 20.0. The van der Waals surface area contributed by atoms with Crippen LogP contribution in [0.3, 0.4) is 0 Å². The van der Waals surface area contributed by atoms with E-state index in [1.165, 1.54) is 0 Å². The van der Waals surface area contributed by atoms with Crippen molar-refractivity contribution in [3.8, 4) is 5.75 Å². The lowest BCUT2D eigenvalue weighted by Crippen LogP contribution is -2.32. The Morgan fingerprint density at radius 1 is 1.06 bits per heavy atom. The number of hydrogen-bond acceptors (Lipinski definition) is 5. The molecule has 0 saturated carbocycles. The Hall–Kier alpha value is -3.80. The molecule has 3 heterocycles. The van der Waals surface area contributed by atoms with Crippen LogP contribution in [0.1, 0.15) is 53.6 Å². The minimum atomic E-state index is -1.23. The van der Waals surface area contributed by atoms with Crippen LogP contribution in [-0.4, -0.2) is 35.6 Å². The fraction of sp³-hybridized carbons (Fsp3) is 0.286. The van der Waals surface area contributed by atoms with Crippen molar-refractivity contribution in [2.45, 2.75) is 33.3 Å². The van der Waals surface area contributed by atoms with Gasteiger partial charge in [-0.3, -0.25) is 4.98 Å². The lowest BCUT2D eigenvalue weighted by molar-refractivity contribution is 0.0238. The number of hydrogen-bond donors (Lipinski definition) is 1. The van der Waals surface area contributed by atoms with Gasteiger partial charge in [-0.05, 0) is 58.0 Å². The minimum Gasteiger partial charge on any atom is -0.493 e. The quantitative estimate of drug-likeness (QED) is 0.369. The molecule has 34 heavy (non-hydrogen) atoms. The van der Waals surface area contributed by atoms with Crippen LogP contribution in [0.5, 0.6) is 5.75 Å². The third-order valence-electron chi connectivity index (χ3n) is 6.63. The largest absolute Gasteiger partial charge is 0.493 e.